The molecule has 4 nitrogen and oxygen atoms in total. The molecule has 0 aliphatic rings. The molecule has 29 heavy (non-hydrogen) atoms. The molecule has 4 rings (SSSR count). The zero-order valence-electron chi connectivity index (χ0n) is 15.7. The lowest BCUT2D eigenvalue weighted by Crippen LogP contribution is -2.14. The summed E-state index contributed by atoms with van der Waals surface area (Å²) in [5.74, 6) is 0.195. The number of hydrogen-bond acceptors (Lipinski definition) is 3. The van der Waals surface area contributed by atoms with Gasteiger partial charge in [-0.05, 0) is 42.3 Å². The summed E-state index contributed by atoms with van der Waals surface area (Å²) in [5.41, 5.74) is 4.00. The number of aromatic nitrogens is 2. The van der Waals surface area contributed by atoms with Crippen molar-refractivity contribution in [1.82, 2.24) is 9.55 Å². The summed E-state index contributed by atoms with van der Waals surface area (Å²) in [6.07, 6.45) is 0.906. The summed E-state index contributed by atoms with van der Waals surface area (Å²) >= 11 is 7.43. The van der Waals surface area contributed by atoms with E-state index in [2.05, 4.69) is 40.2 Å². The summed E-state index contributed by atoms with van der Waals surface area (Å²) < 4.78 is 2.19. The predicted octanol–water partition coefficient (Wildman–Crippen LogP) is 5.66. The van der Waals surface area contributed by atoms with Crippen molar-refractivity contribution in [1.29, 1.82) is 0 Å². The second-order valence-electron chi connectivity index (χ2n) is 6.62. The number of imidazole rings is 1. The lowest BCUT2D eigenvalue weighted by atomic mass is 10.1. The largest absolute Gasteiger partial charge is 0.325 e. The maximum Gasteiger partial charge on any atom is 0.234 e. The first-order chi connectivity index (χ1) is 14.2. The van der Waals surface area contributed by atoms with E-state index in [1.54, 1.807) is 12.1 Å². The summed E-state index contributed by atoms with van der Waals surface area (Å²) in [7, 11) is 0. The van der Waals surface area contributed by atoms with E-state index >= 15 is 0 Å². The Bertz CT molecular complexity index is 1130. The van der Waals surface area contributed by atoms with Crippen LogP contribution < -0.4 is 5.32 Å². The van der Waals surface area contributed by atoms with Crippen LogP contribution in [0.15, 0.2) is 84.0 Å². The van der Waals surface area contributed by atoms with E-state index in [1.165, 1.54) is 17.3 Å². The van der Waals surface area contributed by atoms with Crippen molar-refractivity contribution in [3.05, 3.63) is 89.4 Å². The lowest BCUT2D eigenvalue weighted by Gasteiger charge is -2.09. The molecule has 1 heterocycles. The van der Waals surface area contributed by atoms with Gasteiger partial charge in [-0.25, -0.2) is 4.98 Å². The number of nitrogens with one attached hydrogen (secondary N) is 1. The number of benzene rings is 3. The molecular formula is C23H20ClN3OS. The fourth-order valence-electron chi connectivity index (χ4n) is 3.16. The van der Waals surface area contributed by atoms with E-state index in [0.29, 0.717) is 10.7 Å². The first-order valence-electron chi connectivity index (χ1n) is 9.36. The molecule has 4 aromatic rings. The lowest BCUT2D eigenvalue weighted by molar-refractivity contribution is -0.113. The maximum atomic E-state index is 12.4. The summed E-state index contributed by atoms with van der Waals surface area (Å²) in [6.45, 7) is 0.808. The standard InChI is InChI=1S/C23H20ClN3OS/c24-18-9-6-10-19(15-18)25-22(28)16-29-23-26-20-11-4-5-12-21(20)27(23)14-13-17-7-2-1-3-8-17/h1-12,15H,13-14,16H2,(H,25,28). The minimum Gasteiger partial charge on any atom is -0.325 e. The van der Waals surface area contributed by atoms with Gasteiger partial charge in [-0.3, -0.25) is 4.79 Å². The van der Waals surface area contributed by atoms with Crippen LogP contribution in [0.3, 0.4) is 0 Å². The number of halogens is 1. The fraction of sp³-hybridized carbons (Fsp3) is 0.130. The Balaban J connectivity index is 1.48. The Morgan fingerprint density at radius 3 is 2.62 bits per heavy atom. The van der Waals surface area contributed by atoms with Gasteiger partial charge in [-0.15, -0.1) is 0 Å². The Hall–Kier alpha value is -2.76. The monoisotopic (exact) mass is 421 g/mol. The molecule has 0 aliphatic heterocycles. The number of aryl methyl sites for hydroxylation is 2. The molecule has 1 aromatic heterocycles. The predicted molar refractivity (Wildman–Crippen MR) is 121 cm³/mol. The molecule has 3 aromatic carbocycles. The highest BCUT2D eigenvalue weighted by Gasteiger charge is 2.13. The zero-order chi connectivity index (χ0) is 20.1. The van der Waals surface area contributed by atoms with Crippen LogP contribution in [0.25, 0.3) is 11.0 Å². The van der Waals surface area contributed by atoms with Crippen molar-refractivity contribution >= 4 is 46.0 Å². The Morgan fingerprint density at radius 1 is 1.00 bits per heavy atom. The topological polar surface area (TPSA) is 46.9 Å². The van der Waals surface area contributed by atoms with Gasteiger partial charge in [-0.2, -0.15) is 0 Å². The van der Waals surface area contributed by atoms with Gasteiger partial charge in [0.2, 0.25) is 5.91 Å². The Labute approximate surface area is 178 Å². The van der Waals surface area contributed by atoms with Crippen LogP contribution in [-0.2, 0) is 17.8 Å². The van der Waals surface area contributed by atoms with Crippen LogP contribution in [0.4, 0.5) is 5.69 Å². The van der Waals surface area contributed by atoms with Crippen LogP contribution in [0, 0.1) is 0 Å². The van der Waals surface area contributed by atoms with E-state index in [4.69, 9.17) is 16.6 Å². The first kappa shape index (κ1) is 19.6. The van der Waals surface area contributed by atoms with Crippen LogP contribution >= 0.6 is 23.4 Å². The molecular weight excluding hydrogens is 402 g/mol. The number of amides is 1. The van der Waals surface area contributed by atoms with Gasteiger partial charge in [0, 0.05) is 17.3 Å². The van der Waals surface area contributed by atoms with Gasteiger partial charge in [0.1, 0.15) is 0 Å². The normalized spacial score (nSPS) is 10.9. The van der Waals surface area contributed by atoms with Crippen LogP contribution in [0.1, 0.15) is 5.56 Å². The Kier molecular flexibility index (Phi) is 6.17. The molecule has 0 bridgehead atoms. The molecule has 0 saturated heterocycles. The van der Waals surface area contributed by atoms with Crippen molar-refractivity contribution in [2.45, 2.75) is 18.1 Å². The average molecular weight is 422 g/mol. The summed E-state index contributed by atoms with van der Waals surface area (Å²) in [6, 6.07) is 25.6. The first-order valence-corrected chi connectivity index (χ1v) is 10.7. The molecule has 0 aliphatic carbocycles. The van der Waals surface area contributed by atoms with E-state index in [9.17, 15) is 4.79 Å². The molecule has 0 radical (unpaired) electrons. The molecule has 0 spiro atoms. The number of nitrogens with zero attached hydrogens (tertiary/aromatic N) is 2. The molecule has 1 amide bonds. The van der Waals surface area contributed by atoms with Crippen LogP contribution in [0.5, 0.6) is 0 Å². The SMILES string of the molecule is O=C(CSc1nc2ccccc2n1CCc1ccccc1)Nc1cccc(Cl)c1. The van der Waals surface area contributed by atoms with Gasteiger partial charge >= 0.3 is 0 Å². The Morgan fingerprint density at radius 2 is 1.79 bits per heavy atom. The van der Waals surface area contributed by atoms with E-state index in [-0.39, 0.29) is 11.7 Å². The molecule has 0 fully saturated rings. The number of fused-ring (bicyclic) bond motifs is 1. The number of carbonyl (C=O) groups excluding carboxylic acids is 1. The number of rotatable bonds is 7. The third-order valence-electron chi connectivity index (χ3n) is 4.53. The molecule has 0 atom stereocenters. The van der Waals surface area contributed by atoms with Crippen molar-refractivity contribution in [3.63, 3.8) is 0 Å². The summed E-state index contributed by atoms with van der Waals surface area (Å²) in [4.78, 5) is 17.1. The van der Waals surface area contributed by atoms with E-state index < -0.39 is 0 Å². The maximum absolute atomic E-state index is 12.4. The molecule has 0 saturated carbocycles. The van der Waals surface area contributed by atoms with Crippen molar-refractivity contribution in [3.8, 4) is 0 Å². The second-order valence-corrected chi connectivity index (χ2v) is 8.00. The smallest absolute Gasteiger partial charge is 0.234 e. The number of carbonyl (C=O) groups is 1. The van der Waals surface area contributed by atoms with Gasteiger partial charge in [0.15, 0.2) is 5.16 Å². The molecule has 6 heteroatoms. The van der Waals surface area contributed by atoms with Gasteiger partial charge in [0.05, 0.1) is 16.8 Å². The minimum atomic E-state index is -0.0843. The van der Waals surface area contributed by atoms with Crippen LogP contribution in [0.2, 0.25) is 5.02 Å². The van der Waals surface area contributed by atoms with Crippen molar-refractivity contribution in [2.75, 3.05) is 11.1 Å². The molecule has 0 unspecified atom stereocenters. The van der Waals surface area contributed by atoms with Gasteiger partial charge in [0.25, 0.3) is 0 Å². The van der Waals surface area contributed by atoms with Crippen molar-refractivity contribution < 1.29 is 4.79 Å². The fourth-order valence-corrected chi connectivity index (χ4v) is 4.19. The third-order valence-corrected chi connectivity index (χ3v) is 5.74. The molecule has 146 valence electrons. The zero-order valence-corrected chi connectivity index (χ0v) is 17.3. The average Bonchev–Trinajstić information content (AvgIpc) is 3.09. The van der Waals surface area contributed by atoms with Crippen LogP contribution in [-0.4, -0.2) is 21.2 Å². The van der Waals surface area contributed by atoms with Crippen molar-refractivity contribution in [2.24, 2.45) is 0 Å². The number of para-hydroxylation sites is 2. The number of anilines is 1. The quantitative estimate of drug-likeness (QED) is 0.391. The highest BCUT2D eigenvalue weighted by molar-refractivity contribution is 7.99. The number of thioether (sulfide) groups is 1. The van der Waals surface area contributed by atoms with Gasteiger partial charge < -0.3 is 9.88 Å². The minimum absolute atomic E-state index is 0.0843. The third kappa shape index (κ3) is 5.00. The van der Waals surface area contributed by atoms with E-state index in [0.717, 1.165) is 29.2 Å². The molecule has 1 N–H and O–H groups in total. The van der Waals surface area contributed by atoms with E-state index in [1.807, 2.05) is 36.4 Å². The summed E-state index contributed by atoms with van der Waals surface area (Å²) in [5, 5.41) is 4.33. The highest BCUT2D eigenvalue weighted by Crippen LogP contribution is 2.25. The second kappa shape index (κ2) is 9.16. The highest BCUT2D eigenvalue weighted by atomic mass is 35.5. The van der Waals surface area contributed by atoms with Gasteiger partial charge in [-0.1, -0.05) is 71.9 Å². The number of hydrogen-bond donors (Lipinski definition) is 1.